The average molecular weight is 296 g/mol. The fraction of sp³-hybridized carbons (Fsp3) is 0.947. The summed E-state index contributed by atoms with van der Waals surface area (Å²) >= 11 is 0. The zero-order chi connectivity index (χ0) is 15.3. The molecule has 2 nitrogen and oxygen atoms in total. The average Bonchev–Trinajstić information content (AvgIpc) is 2.49. The monoisotopic (exact) mass is 296 g/mol. The van der Waals surface area contributed by atoms with Gasteiger partial charge in [0.25, 0.3) is 6.79 Å². The molecule has 1 atom stereocenters. The van der Waals surface area contributed by atoms with E-state index in [1.807, 2.05) is 0 Å². The van der Waals surface area contributed by atoms with Gasteiger partial charge >= 0.3 is 0 Å². The summed E-state index contributed by atoms with van der Waals surface area (Å²) in [6.45, 7) is 9.62. The van der Waals surface area contributed by atoms with Gasteiger partial charge < -0.3 is 9.47 Å². The molecule has 0 spiro atoms. The third-order valence-corrected chi connectivity index (χ3v) is 4.63. The maximum Gasteiger partial charge on any atom is 0.292 e. The Labute approximate surface area is 133 Å². The highest BCUT2D eigenvalue weighted by molar-refractivity contribution is 4.70. The Morgan fingerprint density at radius 2 is 1.62 bits per heavy atom. The molecule has 1 saturated carbocycles. The van der Waals surface area contributed by atoms with Gasteiger partial charge in [0, 0.05) is 0 Å². The van der Waals surface area contributed by atoms with Gasteiger partial charge in [-0.15, -0.1) is 0 Å². The lowest BCUT2D eigenvalue weighted by molar-refractivity contribution is -0.0688. The van der Waals surface area contributed by atoms with Crippen LogP contribution < -0.4 is 0 Å². The van der Waals surface area contributed by atoms with E-state index >= 15 is 0 Å². The van der Waals surface area contributed by atoms with Gasteiger partial charge in [-0.3, -0.25) is 0 Å². The second kappa shape index (κ2) is 12.5. The number of rotatable bonds is 12. The van der Waals surface area contributed by atoms with Crippen molar-refractivity contribution in [3.05, 3.63) is 6.79 Å². The van der Waals surface area contributed by atoms with Crippen LogP contribution in [-0.2, 0) is 9.47 Å². The molecule has 1 rings (SSSR count). The van der Waals surface area contributed by atoms with Gasteiger partial charge in [0.1, 0.15) is 0 Å². The Morgan fingerprint density at radius 3 is 2.29 bits per heavy atom. The predicted octanol–water partition coefficient (Wildman–Crippen LogP) is 6.12. The van der Waals surface area contributed by atoms with Crippen LogP contribution in [0.5, 0.6) is 0 Å². The van der Waals surface area contributed by atoms with E-state index in [-0.39, 0.29) is 0 Å². The molecular formula is C19H36O2. The Kier molecular flexibility index (Phi) is 11.3. The van der Waals surface area contributed by atoms with E-state index in [4.69, 9.17) is 9.47 Å². The largest absolute Gasteiger partial charge is 0.337 e. The van der Waals surface area contributed by atoms with E-state index in [1.165, 1.54) is 51.4 Å². The quantitative estimate of drug-likeness (QED) is 0.404. The molecule has 0 N–H and O–H groups in total. The first-order valence-corrected chi connectivity index (χ1v) is 9.32. The first-order chi connectivity index (χ1) is 10.3. The molecule has 0 aliphatic heterocycles. The standard InChI is InChI=1S/C19H36O2/c1-4-6-7-8-9-11-18(10-5-2)20-16-21-19-14-12-17(3)13-15-19/h17-19H,4-15H2,1-3H3/t17-,18-,19-/m1/s1. The molecule has 0 aromatic carbocycles. The van der Waals surface area contributed by atoms with Gasteiger partial charge in [0.15, 0.2) is 0 Å². The minimum absolute atomic E-state index is 0.305. The first-order valence-electron chi connectivity index (χ1n) is 9.32. The smallest absolute Gasteiger partial charge is 0.292 e. The second-order valence-corrected chi connectivity index (χ2v) is 6.81. The van der Waals surface area contributed by atoms with Crippen LogP contribution in [0.25, 0.3) is 0 Å². The normalized spacial score (nSPS) is 24.1. The third-order valence-electron chi connectivity index (χ3n) is 4.63. The summed E-state index contributed by atoms with van der Waals surface area (Å²) in [5, 5.41) is 0. The van der Waals surface area contributed by atoms with Crippen molar-refractivity contribution >= 4 is 0 Å². The molecule has 0 bridgehead atoms. The molecule has 1 aliphatic carbocycles. The van der Waals surface area contributed by atoms with Crippen molar-refractivity contribution in [1.29, 1.82) is 0 Å². The first kappa shape index (κ1) is 19.0. The van der Waals surface area contributed by atoms with Crippen molar-refractivity contribution in [2.24, 2.45) is 5.92 Å². The molecule has 0 saturated heterocycles. The molecule has 1 aliphatic rings. The highest BCUT2D eigenvalue weighted by Crippen LogP contribution is 2.26. The Morgan fingerprint density at radius 1 is 0.905 bits per heavy atom. The van der Waals surface area contributed by atoms with Gasteiger partial charge in [-0.25, -0.2) is 0 Å². The zero-order valence-corrected chi connectivity index (χ0v) is 14.5. The van der Waals surface area contributed by atoms with Crippen LogP contribution in [0, 0.1) is 12.7 Å². The lowest BCUT2D eigenvalue weighted by Gasteiger charge is -2.26. The summed E-state index contributed by atoms with van der Waals surface area (Å²) in [6, 6.07) is 0. The van der Waals surface area contributed by atoms with E-state index in [2.05, 4.69) is 27.6 Å². The van der Waals surface area contributed by atoms with Crippen molar-refractivity contribution in [3.8, 4) is 0 Å². The van der Waals surface area contributed by atoms with Crippen molar-refractivity contribution in [3.63, 3.8) is 0 Å². The summed E-state index contributed by atoms with van der Waals surface area (Å²) in [4.78, 5) is 0. The van der Waals surface area contributed by atoms with E-state index in [1.54, 1.807) is 0 Å². The minimum atomic E-state index is 0.305. The fourth-order valence-corrected chi connectivity index (χ4v) is 3.07. The van der Waals surface area contributed by atoms with Gasteiger partial charge in [-0.2, -0.15) is 0 Å². The Bertz CT molecular complexity index is 222. The molecule has 0 aromatic heterocycles. The van der Waals surface area contributed by atoms with Gasteiger partial charge in [-0.1, -0.05) is 59.3 Å². The molecule has 0 amide bonds. The van der Waals surface area contributed by atoms with Crippen LogP contribution in [0.1, 0.15) is 97.8 Å². The molecule has 1 fully saturated rings. The van der Waals surface area contributed by atoms with Crippen molar-refractivity contribution in [1.82, 2.24) is 0 Å². The molecular weight excluding hydrogens is 260 g/mol. The van der Waals surface area contributed by atoms with E-state index in [9.17, 15) is 0 Å². The van der Waals surface area contributed by atoms with Crippen LogP contribution in [0.4, 0.5) is 0 Å². The highest BCUT2D eigenvalue weighted by atomic mass is 16.7. The van der Waals surface area contributed by atoms with Crippen LogP contribution in [0.3, 0.4) is 0 Å². The molecule has 0 aromatic rings. The number of hydrogen-bond donors (Lipinski definition) is 0. The van der Waals surface area contributed by atoms with Gasteiger partial charge in [-0.05, 0) is 44.4 Å². The van der Waals surface area contributed by atoms with Crippen LogP contribution in [0.15, 0.2) is 0 Å². The topological polar surface area (TPSA) is 18.5 Å². The molecule has 124 valence electrons. The minimum Gasteiger partial charge on any atom is -0.337 e. The molecule has 0 unspecified atom stereocenters. The molecule has 21 heavy (non-hydrogen) atoms. The van der Waals surface area contributed by atoms with Crippen molar-refractivity contribution in [2.75, 3.05) is 0 Å². The third kappa shape index (κ3) is 9.52. The molecule has 2 heteroatoms. The van der Waals surface area contributed by atoms with Gasteiger partial charge in [0.05, 0.1) is 12.2 Å². The molecule has 0 heterocycles. The maximum absolute atomic E-state index is 5.75. The van der Waals surface area contributed by atoms with Crippen LogP contribution in [0.2, 0.25) is 0 Å². The summed E-state index contributed by atoms with van der Waals surface area (Å²) in [6.07, 6.45) is 15.6. The second-order valence-electron chi connectivity index (χ2n) is 6.81. The van der Waals surface area contributed by atoms with Crippen molar-refractivity contribution < 1.29 is 9.47 Å². The van der Waals surface area contributed by atoms with E-state index in [0.717, 1.165) is 31.6 Å². The lowest BCUT2D eigenvalue weighted by Crippen LogP contribution is -2.21. The molecule has 2 radical (unpaired) electrons. The van der Waals surface area contributed by atoms with Crippen LogP contribution in [-0.4, -0.2) is 12.2 Å². The van der Waals surface area contributed by atoms with Crippen molar-refractivity contribution in [2.45, 2.75) is 110 Å². The Hall–Kier alpha value is -0.0800. The fourth-order valence-electron chi connectivity index (χ4n) is 3.07. The van der Waals surface area contributed by atoms with E-state index < -0.39 is 0 Å². The number of hydrogen-bond acceptors (Lipinski definition) is 2. The summed E-state index contributed by atoms with van der Waals surface area (Å²) in [7, 11) is 0. The predicted molar refractivity (Wildman–Crippen MR) is 88.9 cm³/mol. The zero-order valence-electron chi connectivity index (χ0n) is 14.5. The SMILES string of the molecule is CCCCCCC[C@@H](CCC)O[C]O[C@H]1CC[C@H](C)CC1. The highest BCUT2D eigenvalue weighted by Gasteiger charge is 2.19. The lowest BCUT2D eigenvalue weighted by atomic mass is 9.89. The number of ether oxygens (including phenoxy) is 2. The summed E-state index contributed by atoms with van der Waals surface area (Å²) in [5.41, 5.74) is 0. The Balaban J connectivity index is 2.06. The maximum atomic E-state index is 5.75. The van der Waals surface area contributed by atoms with E-state index in [0.29, 0.717) is 12.2 Å². The number of unbranched alkanes of at least 4 members (excludes halogenated alkanes) is 4. The summed E-state index contributed by atoms with van der Waals surface area (Å²) < 4.78 is 11.4. The summed E-state index contributed by atoms with van der Waals surface area (Å²) in [5.74, 6) is 0.863. The van der Waals surface area contributed by atoms with Gasteiger partial charge in [0.2, 0.25) is 0 Å². The van der Waals surface area contributed by atoms with Crippen LogP contribution >= 0.6 is 0 Å².